The van der Waals surface area contributed by atoms with Gasteiger partial charge in [-0.3, -0.25) is 0 Å². The molecule has 0 radical (unpaired) electrons. The van der Waals surface area contributed by atoms with Crippen molar-refractivity contribution in [2.24, 2.45) is 0 Å². The third-order valence-corrected chi connectivity index (χ3v) is 13.1. The Hall–Kier alpha value is -9.13. The van der Waals surface area contributed by atoms with Gasteiger partial charge >= 0.3 is 0 Å². The van der Waals surface area contributed by atoms with Gasteiger partial charge in [0.05, 0.1) is 16.7 Å². The number of benzene rings is 10. The summed E-state index contributed by atoms with van der Waals surface area (Å²) >= 11 is 0. The summed E-state index contributed by atoms with van der Waals surface area (Å²) in [5.41, 5.74) is 15.8. The normalized spacial score (nSPS) is 11.6. The minimum atomic E-state index is 0.556. The average Bonchev–Trinajstić information content (AvgIpc) is 4.11. The van der Waals surface area contributed by atoms with Crippen LogP contribution in [0.15, 0.2) is 251 Å². The quantitative estimate of drug-likeness (QED) is 0.137. The van der Waals surface area contributed by atoms with Crippen LogP contribution in [0.2, 0.25) is 0 Å². The molecule has 0 amide bonds. The van der Waals surface area contributed by atoms with E-state index in [1.165, 1.54) is 22.1 Å². The Morgan fingerprint density at radius 3 is 1.84 bits per heavy atom. The number of hydrogen-bond acceptors (Lipinski definition) is 5. The van der Waals surface area contributed by atoms with Crippen LogP contribution in [0, 0.1) is 0 Å². The molecular formula is C62H42N4O2. The Morgan fingerprint density at radius 1 is 0.412 bits per heavy atom. The number of para-hydroxylation sites is 4. The minimum absolute atomic E-state index is 0.556. The molecule has 322 valence electrons. The fourth-order valence-electron chi connectivity index (χ4n) is 9.93. The maximum atomic E-state index is 6.97. The van der Waals surface area contributed by atoms with Crippen LogP contribution in [0.1, 0.15) is 5.56 Å². The molecule has 13 aromatic rings. The highest BCUT2D eigenvalue weighted by Gasteiger charge is 2.26. The van der Waals surface area contributed by atoms with Gasteiger partial charge in [-0.05, 0) is 114 Å². The van der Waals surface area contributed by atoms with Gasteiger partial charge in [0, 0.05) is 62.1 Å². The van der Waals surface area contributed by atoms with Gasteiger partial charge in [-0.2, -0.15) is 0 Å². The van der Waals surface area contributed by atoms with Crippen molar-refractivity contribution in [1.82, 2.24) is 9.55 Å². The van der Waals surface area contributed by atoms with Crippen LogP contribution < -0.4 is 9.80 Å². The highest BCUT2D eigenvalue weighted by Crippen LogP contribution is 2.46. The first-order chi connectivity index (χ1) is 33.7. The maximum absolute atomic E-state index is 6.97. The summed E-state index contributed by atoms with van der Waals surface area (Å²) in [4.78, 5) is 10.0. The van der Waals surface area contributed by atoms with Crippen LogP contribution in [0.4, 0.5) is 28.4 Å². The van der Waals surface area contributed by atoms with Crippen molar-refractivity contribution in [1.29, 1.82) is 0 Å². The van der Waals surface area contributed by atoms with E-state index < -0.39 is 0 Å². The number of hydrogen-bond donors (Lipinski definition) is 0. The van der Waals surface area contributed by atoms with E-state index in [1.54, 1.807) is 0 Å². The summed E-state index contributed by atoms with van der Waals surface area (Å²) in [6.07, 6.45) is 0. The lowest BCUT2D eigenvalue weighted by Gasteiger charge is -2.30. The number of furan rings is 1. The van der Waals surface area contributed by atoms with Crippen molar-refractivity contribution >= 4 is 83.3 Å². The molecule has 3 heterocycles. The van der Waals surface area contributed by atoms with E-state index in [0.29, 0.717) is 18.0 Å². The monoisotopic (exact) mass is 874 g/mol. The Kier molecular flexibility index (Phi) is 9.46. The molecule has 0 unspecified atom stereocenters. The van der Waals surface area contributed by atoms with Crippen LogP contribution >= 0.6 is 0 Å². The molecule has 0 saturated heterocycles. The van der Waals surface area contributed by atoms with Crippen molar-refractivity contribution < 1.29 is 8.83 Å². The van der Waals surface area contributed by atoms with Crippen molar-refractivity contribution in [3.05, 3.63) is 248 Å². The number of oxazole rings is 1. The standard InChI is InChI=1S/C62H42N4O2/c1-5-19-42(20-6-1)50-28-14-13-23-44(50)41-64(47-34-36-60-54(37-47)52-30-16-18-32-59(52)67-60)49-39-55-61(68-62(63-55)43-21-7-2-8-22-43)58(40-49)65(45-24-9-3-10-25-45)48-33-35-57-53(38-48)51-29-15-17-31-56(51)66(57)46-26-11-4-12-27-46/h1-40H,41H2. The third-order valence-electron chi connectivity index (χ3n) is 13.1. The van der Waals surface area contributed by atoms with Crippen LogP contribution in [-0.4, -0.2) is 9.55 Å². The molecule has 0 aliphatic carbocycles. The maximum Gasteiger partial charge on any atom is 0.227 e. The van der Waals surface area contributed by atoms with E-state index in [-0.39, 0.29) is 0 Å². The zero-order chi connectivity index (χ0) is 45.0. The highest BCUT2D eigenvalue weighted by atomic mass is 16.3. The summed E-state index contributed by atoms with van der Waals surface area (Å²) in [5, 5.41) is 4.46. The van der Waals surface area contributed by atoms with Gasteiger partial charge in [-0.25, -0.2) is 4.98 Å². The minimum Gasteiger partial charge on any atom is -0.456 e. The summed E-state index contributed by atoms with van der Waals surface area (Å²) in [6, 6.07) is 85.4. The summed E-state index contributed by atoms with van der Waals surface area (Å²) in [5.74, 6) is 0.556. The van der Waals surface area contributed by atoms with Crippen molar-refractivity contribution in [2.45, 2.75) is 6.54 Å². The van der Waals surface area contributed by atoms with E-state index in [0.717, 1.165) is 83.6 Å². The third kappa shape index (κ3) is 6.77. The Labute approximate surface area is 392 Å². The lowest BCUT2D eigenvalue weighted by Crippen LogP contribution is -2.18. The van der Waals surface area contributed by atoms with E-state index in [1.807, 2.05) is 42.5 Å². The smallest absolute Gasteiger partial charge is 0.227 e. The zero-order valence-corrected chi connectivity index (χ0v) is 36.9. The van der Waals surface area contributed by atoms with Crippen molar-refractivity contribution in [2.75, 3.05) is 9.80 Å². The molecule has 0 bridgehead atoms. The first-order valence-corrected chi connectivity index (χ1v) is 23.0. The van der Waals surface area contributed by atoms with Crippen LogP contribution in [0.25, 0.3) is 83.1 Å². The molecule has 0 atom stereocenters. The molecule has 0 N–H and O–H groups in total. The number of aromatic nitrogens is 2. The van der Waals surface area contributed by atoms with Gasteiger partial charge in [0.25, 0.3) is 0 Å². The van der Waals surface area contributed by atoms with Gasteiger partial charge in [-0.1, -0.05) is 146 Å². The van der Waals surface area contributed by atoms with E-state index in [4.69, 9.17) is 13.8 Å². The first kappa shape index (κ1) is 39.3. The number of rotatable bonds is 10. The fraction of sp³-hybridized carbons (Fsp3) is 0.0161. The van der Waals surface area contributed by atoms with Crippen LogP contribution in [-0.2, 0) is 6.54 Å². The van der Waals surface area contributed by atoms with Crippen LogP contribution in [0.5, 0.6) is 0 Å². The van der Waals surface area contributed by atoms with Gasteiger partial charge in [0.15, 0.2) is 5.58 Å². The summed E-state index contributed by atoms with van der Waals surface area (Å²) in [6.45, 7) is 0.566. The SMILES string of the molecule is c1ccc(-c2nc3cc(N(Cc4ccccc4-c4ccccc4)c4ccc5oc6ccccc6c5c4)cc(N(c4ccccc4)c4ccc5c(c4)c4ccccc4n5-c4ccccc4)c3o2)cc1. The summed E-state index contributed by atoms with van der Waals surface area (Å²) in [7, 11) is 0. The number of fused-ring (bicyclic) bond motifs is 7. The van der Waals surface area contributed by atoms with Crippen molar-refractivity contribution in [3.63, 3.8) is 0 Å². The molecule has 3 aromatic heterocycles. The summed E-state index contributed by atoms with van der Waals surface area (Å²) < 4.78 is 15.7. The first-order valence-electron chi connectivity index (χ1n) is 23.0. The van der Waals surface area contributed by atoms with Gasteiger partial charge in [0.2, 0.25) is 5.89 Å². The number of nitrogens with zero attached hydrogens (tertiary/aromatic N) is 4. The van der Waals surface area contributed by atoms with E-state index >= 15 is 0 Å². The molecule has 0 aliphatic rings. The molecule has 0 aliphatic heterocycles. The van der Waals surface area contributed by atoms with E-state index in [9.17, 15) is 0 Å². The molecule has 68 heavy (non-hydrogen) atoms. The number of anilines is 5. The Balaban J connectivity index is 1.07. The molecule has 13 rings (SSSR count). The van der Waals surface area contributed by atoms with Gasteiger partial charge in [-0.15, -0.1) is 0 Å². The predicted octanol–water partition coefficient (Wildman–Crippen LogP) is 17.0. The average molecular weight is 875 g/mol. The van der Waals surface area contributed by atoms with Crippen LogP contribution in [0.3, 0.4) is 0 Å². The molecule has 10 aromatic carbocycles. The van der Waals surface area contributed by atoms with Gasteiger partial charge in [0.1, 0.15) is 16.7 Å². The second-order valence-corrected chi connectivity index (χ2v) is 17.1. The molecule has 6 heteroatoms. The topological polar surface area (TPSA) is 50.6 Å². The molecular weight excluding hydrogens is 833 g/mol. The molecule has 6 nitrogen and oxygen atoms in total. The lowest BCUT2D eigenvalue weighted by atomic mass is 9.99. The lowest BCUT2D eigenvalue weighted by molar-refractivity contribution is 0.620. The Bertz CT molecular complexity index is 3950. The fourth-order valence-corrected chi connectivity index (χ4v) is 9.93. The largest absolute Gasteiger partial charge is 0.456 e. The second kappa shape index (κ2) is 16.4. The van der Waals surface area contributed by atoms with Crippen molar-refractivity contribution in [3.8, 4) is 28.3 Å². The zero-order valence-electron chi connectivity index (χ0n) is 36.9. The Morgan fingerprint density at radius 2 is 1.03 bits per heavy atom. The predicted molar refractivity (Wildman–Crippen MR) is 280 cm³/mol. The molecule has 0 spiro atoms. The molecule has 0 fully saturated rings. The van der Waals surface area contributed by atoms with E-state index in [2.05, 4.69) is 215 Å². The second-order valence-electron chi connectivity index (χ2n) is 17.1. The van der Waals surface area contributed by atoms with Gasteiger partial charge < -0.3 is 23.2 Å². The molecule has 0 saturated carbocycles. The highest BCUT2D eigenvalue weighted by molar-refractivity contribution is 6.11.